The summed E-state index contributed by atoms with van der Waals surface area (Å²) in [6.07, 6.45) is 1.08. The molecule has 1 amide bonds. The average Bonchev–Trinajstić information content (AvgIpc) is 2.97. The number of aliphatic hydroxyl groups excluding tert-OH is 2. The zero-order valence-corrected chi connectivity index (χ0v) is 14.3. The molecule has 24 heavy (non-hydrogen) atoms. The molecule has 1 aliphatic heterocycles. The van der Waals surface area contributed by atoms with E-state index >= 15 is 0 Å². The number of aromatic hydroxyl groups is 1. The van der Waals surface area contributed by atoms with E-state index in [-0.39, 0.29) is 36.7 Å². The molecule has 0 saturated carbocycles. The molecule has 1 saturated heterocycles. The van der Waals surface area contributed by atoms with Gasteiger partial charge in [-0.25, -0.2) is 0 Å². The van der Waals surface area contributed by atoms with Crippen molar-refractivity contribution in [2.45, 2.75) is 12.8 Å². The van der Waals surface area contributed by atoms with Crippen LogP contribution in [0.15, 0.2) is 24.3 Å². The second-order valence-corrected chi connectivity index (χ2v) is 6.65. The average molecular weight is 336 g/mol. The molecular formula is C18H28N2O4. The van der Waals surface area contributed by atoms with Crippen LogP contribution in [0, 0.1) is 11.8 Å². The van der Waals surface area contributed by atoms with E-state index in [0.29, 0.717) is 32.5 Å². The Morgan fingerprint density at radius 2 is 1.88 bits per heavy atom. The van der Waals surface area contributed by atoms with E-state index in [0.717, 1.165) is 12.1 Å². The molecule has 1 heterocycles. The largest absolute Gasteiger partial charge is 0.508 e. The first-order valence-corrected chi connectivity index (χ1v) is 8.49. The quantitative estimate of drug-likeness (QED) is 0.637. The maximum atomic E-state index is 12.4. The lowest BCUT2D eigenvalue weighted by Gasteiger charge is -2.23. The van der Waals surface area contributed by atoms with Gasteiger partial charge in [0.05, 0.1) is 6.61 Å². The van der Waals surface area contributed by atoms with E-state index in [2.05, 4.69) is 0 Å². The SMILES string of the molecule is CN(CCO)C[C@@H]1CN(C(=O)CCc2ccc(O)cc2)C[C@@H]1CO. The fraction of sp³-hybridized carbons (Fsp3) is 0.611. The van der Waals surface area contributed by atoms with Crippen LogP contribution < -0.4 is 0 Å². The lowest BCUT2D eigenvalue weighted by Crippen LogP contribution is -2.33. The molecule has 0 spiro atoms. The molecule has 2 atom stereocenters. The topological polar surface area (TPSA) is 84.2 Å². The number of likely N-dealkylation sites (tertiary alicyclic amines) is 1. The van der Waals surface area contributed by atoms with E-state index in [1.54, 1.807) is 12.1 Å². The predicted octanol–water partition coefficient (Wildman–Crippen LogP) is 0.316. The van der Waals surface area contributed by atoms with Gasteiger partial charge in [-0.15, -0.1) is 0 Å². The number of likely N-dealkylation sites (N-methyl/N-ethyl adjacent to an activating group) is 1. The van der Waals surface area contributed by atoms with Crippen LogP contribution in [0.5, 0.6) is 5.75 Å². The molecule has 0 aliphatic carbocycles. The highest BCUT2D eigenvalue weighted by Gasteiger charge is 2.34. The Labute approximate surface area is 143 Å². The first-order valence-electron chi connectivity index (χ1n) is 8.49. The molecule has 3 N–H and O–H groups in total. The van der Waals surface area contributed by atoms with Gasteiger partial charge in [-0.1, -0.05) is 12.1 Å². The molecule has 0 radical (unpaired) electrons. The standard InChI is InChI=1S/C18H28N2O4/c1-19(8-9-21)10-15-11-20(12-16(15)13-22)18(24)7-4-14-2-5-17(23)6-3-14/h2-3,5-6,15-16,21-23H,4,7-13H2,1H3/t15-,16-/m1/s1. The summed E-state index contributed by atoms with van der Waals surface area (Å²) in [7, 11) is 1.94. The molecule has 0 aromatic heterocycles. The molecule has 1 fully saturated rings. The molecule has 1 aliphatic rings. The molecule has 0 unspecified atom stereocenters. The predicted molar refractivity (Wildman–Crippen MR) is 91.7 cm³/mol. The number of rotatable bonds is 8. The lowest BCUT2D eigenvalue weighted by molar-refractivity contribution is -0.130. The second-order valence-electron chi connectivity index (χ2n) is 6.65. The Morgan fingerprint density at radius 1 is 1.21 bits per heavy atom. The number of nitrogens with zero attached hydrogens (tertiary/aromatic N) is 2. The van der Waals surface area contributed by atoms with E-state index in [1.165, 1.54) is 0 Å². The summed E-state index contributed by atoms with van der Waals surface area (Å²) in [5, 5.41) is 27.9. The fourth-order valence-corrected chi connectivity index (χ4v) is 3.29. The number of phenolic OH excluding ortho intramolecular Hbond substituents is 1. The van der Waals surface area contributed by atoms with Gasteiger partial charge in [0, 0.05) is 45.1 Å². The molecule has 1 aromatic rings. The molecule has 6 nitrogen and oxygen atoms in total. The van der Waals surface area contributed by atoms with Gasteiger partial charge in [-0.2, -0.15) is 0 Å². The van der Waals surface area contributed by atoms with Crippen molar-refractivity contribution in [3.63, 3.8) is 0 Å². The van der Waals surface area contributed by atoms with E-state index in [4.69, 9.17) is 5.11 Å². The summed E-state index contributed by atoms with van der Waals surface area (Å²) in [4.78, 5) is 16.3. The van der Waals surface area contributed by atoms with Crippen LogP contribution in [0.2, 0.25) is 0 Å². The number of hydrogen-bond donors (Lipinski definition) is 3. The highest BCUT2D eigenvalue weighted by molar-refractivity contribution is 5.76. The Bertz CT molecular complexity index is 520. The summed E-state index contributed by atoms with van der Waals surface area (Å²) in [6.45, 7) is 2.83. The van der Waals surface area contributed by atoms with Crippen molar-refractivity contribution < 1.29 is 20.1 Å². The summed E-state index contributed by atoms with van der Waals surface area (Å²) < 4.78 is 0. The molecule has 0 bridgehead atoms. The van der Waals surface area contributed by atoms with Crippen molar-refractivity contribution in [1.29, 1.82) is 0 Å². The number of hydrogen-bond acceptors (Lipinski definition) is 5. The van der Waals surface area contributed by atoms with Gasteiger partial charge in [0.15, 0.2) is 0 Å². The third-order valence-corrected chi connectivity index (χ3v) is 4.76. The normalized spacial score (nSPS) is 20.8. The van der Waals surface area contributed by atoms with E-state index in [9.17, 15) is 15.0 Å². The number of amides is 1. The summed E-state index contributed by atoms with van der Waals surface area (Å²) >= 11 is 0. The van der Waals surface area contributed by atoms with E-state index in [1.807, 2.05) is 29.0 Å². The van der Waals surface area contributed by atoms with Crippen LogP contribution in [0.3, 0.4) is 0 Å². The number of phenols is 1. The molecule has 1 aromatic carbocycles. The minimum atomic E-state index is 0.0827. The van der Waals surface area contributed by atoms with Gasteiger partial charge in [-0.05, 0) is 37.1 Å². The van der Waals surface area contributed by atoms with Gasteiger partial charge in [-0.3, -0.25) is 4.79 Å². The van der Waals surface area contributed by atoms with Crippen molar-refractivity contribution in [3.05, 3.63) is 29.8 Å². The van der Waals surface area contributed by atoms with Crippen LogP contribution in [0.25, 0.3) is 0 Å². The van der Waals surface area contributed by atoms with Crippen molar-refractivity contribution in [3.8, 4) is 5.75 Å². The molecule has 6 heteroatoms. The van der Waals surface area contributed by atoms with Crippen molar-refractivity contribution in [2.24, 2.45) is 11.8 Å². The first kappa shape index (κ1) is 18.7. The van der Waals surface area contributed by atoms with Crippen molar-refractivity contribution in [1.82, 2.24) is 9.80 Å². The minimum absolute atomic E-state index is 0.0827. The Kier molecular flexibility index (Phi) is 7.02. The van der Waals surface area contributed by atoms with Crippen molar-refractivity contribution >= 4 is 5.91 Å². The number of aliphatic hydroxyl groups is 2. The highest BCUT2D eigenvalue weighted by atomic mass is 16.3. The maximum Gasteiger partial charge on any atom is 0.222 e. The van der Waals surface area contributed by atoms with Gasteiger partial charge < -0.3 is 25.1 Å². The Morgan fingerprint density at radius 3 is 2.50 bits per heavy atom. The number of carbonyl (C=O) groups excluding carboxylic acids is 1. The number of benzene rings is 1. The van der Waals surface area contributed by atoms with Crippen LogP contribution in [-0.4, -0.2) is 77.5 Å². The van der Waals surface area contributed by atoms with Gasteiger partial charge in [0.25, 0.3) is 0 Å². The first-order chi connectivity index (χ1) is 11.5. The van der Waals surface area contributed by atoms with Crippen LogP contribution >= 0.6 is 0 Å². The number of carbonyl (C=O) groups is 1. The van der Waals surface area contributed by atoms with Gasteiger partial charge >= 0.3 is 0 Å². The summed E-state index contributed by atoms with van der Waals surface area (Å²) in [5.41, 5.74) is 1.03. The monoisotopic (exact) mass is 336 g/mol. The second kappa shape index (κ2) is 9.01. The van der Waals surface area contributed by atoms with Crippen LogP contribution in [-0.2, 0) is 11.2 Å². The Hall–Kier alpha value is -1.63. The van der Waals surface area contributed by atoms with Crippen molar-refractivity contribution in [2.75, 3.05) is 46.4 Å². The minimum Gasteiger partial charge on any atom is -0.508 e. The Balaban J connectivity index is 1.84. The van der Waals surface area contributed by atoms with E-state index < -0.39 is 0 Å². The zero-order valence-electron chi connectivity index (χ0n) is 14.3. The summed E-state index contributed by atoms with van der Waals surface area (Å²) in [5.74, 6) is 0.673. The van der Waals surface area contributed by atoms with Crippen LogP contribution in [0.1, 0.15) is 12.0 Å². The highest BCUT2D eigenvalue weighted by Crippen LogP contribution is 2.25. The smallest absolute Gasteiger partial charge is 0.222 e. The number of aryl methyl sites for hydroxylation is 1. The summed E-state index contributed by atoms with van der Waals surface area (Å²) in [6, 6.07) is 6.92. The molecular weight excluding hydrogens is 308 g/mol. The van der Waals surface area contributed by atoms with Gasteiger partial charge in [0.2, 0.25) is 5.91 Å². The van der Waals surface area contributed by atoms with Crippen LogP contribution in [0.4, 0.5) is 0 Å². The lowest BCUT2D eigenvalue weighted by atomic mass is 9.96. The van der Waals surface area contributed by atoms with Gasteiger partial charge in [0.1, 0.15) is 5.75 Å². The fourth-order valence-electron chi connectivity index (χ4n) is 3.29. The maximum absolute atomic E-state index is 12.4. The third kappa shape index (κ3) is 5.19. The third-order valence-electron chi connectivity index (χ3n) is 4.76. The zero-order chi connectivity index (χ0) is 17.5. The molecule has 2 rings (SSSR count). The molecule has 134 valence electrons.